The Bertz CT molecular complexity index is 1350. The molecular weight excluding hydrogens is 462 g/mol. The number of benzene rings is 2. The highest BCUT2D eigenvalue weighted by molar-refractivity contribution is 5.95. The number of rotatable bonds is 10. The van der Waals surface area contributed by atoms with Crippen molar-refractivity contribution in [2.75, 3.05) is 25.5 Å². The Morgan fingerprint density at radius 1 is 1.17 bits per heavy atom. The molecule has 0 bridgehead atoms. The Hall–Kier alpha value is -4.18. The number of carbonyl (C=O) groups is 1. The van der Waals surface area contributed by atoms with Gasteiger partial charge in [-0.1, -0.05) is 11.2 Å². The first kappa shape index (κ1) is 24.9. The molecule has 0 saturated heterocycles. The van der Waals surface area contributed by atoms with Gasteiger partial charge in [-0.05, 0) is 56.7 Å². The maximum absolute atomic E-state index is 11.7. The summed E-state index contributed by atoms with van der Waals surface area (Å²) in [4.78, 5) is 22.0. The van der Waals surface area contributed by atoms with Gasteiger partial charge in [-0.25, -0.2) is 9.97 Å². The number of aryl methyl sites for hydroxylation is 2. The van der Waals surface area contributed by atoms with E-state index in [1.807, 2.05) is 63.2 Å². The lowest BCUT2D eigenvalue weighted by Crippen LogP contribution is -2.37. The van der Waals surface area contributed by atoms with Gasteiger partial charge in [0.2, 0.25) is 5.91 Å². The standard InChI is InChI=1S/C26H29N5O5/c1-16-10-19(8-9-22(16)34-14-20-11-17(2)36-30-20)29-26-25-21(27-15-28-26)6-5-7-23(25)35-18(3)12-31(4)24(33)13-32/h5-11,15,18,32H,12-14H2,1-4H3,(H,27,28,29)/t18-/m1/s1. The van der Waals surface area contributed by atoms with Crippen molar-refractivity contribution in [1.29, 1.82) is 0 Å². The van der Waals surface area contributed by atoms with Crippen LogP contribution in [0.1, 0.15) is 23.9 Å². The second-order valence-electron chi connectivity index (χ2n) is 8.56. The van der Waals surface area contributed by atoms with E-state index in [0.717, 1.165) is 39.4 Å². The predicted molar refractivity (Wildman–Crippen MR) is 134 cm³/mol. The van der Waals surface area contributed by atoms with Crippen molar-refractivity contribution in [2.45, 2.75) is 33.5 Å². The number of hydrogen-bond donors (Lipinski definition) is 2. The number of nitrogens with zero attached hydrogens (tertiary/aromatic N) is 4. The first-order valence-corrected chi connectivity index (χ1v) is 11.5. The van der Waals surface area contributed by atoms with E-state index in [0.29, 0.717) is 24.7 Å². The van der Waals surface area contributed by atoms with Crippen LogP contribution in [0.25, 0.3) is 10.9 Å². The summed E-state index contributed by atoms with van der Waals surface area (Å²) >= 11 is 0. The number of ether oxygens (including phenoxy) is 2. The van der Waals surface area contributed by atoms with E-state index >= 15 is 0 Å². The number of carbonyl (C=O) groups excluding carboxylic acids is 1. The monoisotopic (exact) mass is 491 g/mol. The molecule has 188 valence electrons. The van der Waals surface area contributed by atoms with Gasteiger partial charge in [0.15, 0.2) is 0 Å². The van der Waals surface area contributed by atoms with Crippen molar-refractivity contribution in [3.8, 4) is 11.5 Å². The Balaban J connectivity index is 1.52. The Morgan fingerprint density at radius 2 is 2.00 bits per heavy atom. The van der Waals surface area contributed by atoms with Crippen molar-refractivity contribution >= 4 is 28.3 Å². The van der Waals surface area contributed by atoms with Gasteiger partial charge in [0.25, 0.3) is 0 Å². The molecule has 0 aliphatic carbocycles. The van der Waals surface area contributed by atoms with Crippen molar-refractivity contribution < 1.29 is 23.9 Å². The van der Waals surface area contributed by atoms with Gasteiger partial charge < -0.3 is 29.3 Å². The van der Waals surface area contributed by atoms with Gasteiger partial charge in [-0.3, -0.25) is 4.79 Å². The minimum atomic E-state index is -0.539. The van der Waals surface area contributed by atoms with E-state index in [1.165, 1.54) is 11.2 Å². The van der Waals surface area contributed by atoms with E-state index in [4.69, 9.17) is 19.1 Å². The van der Waals surface area contributed by atoms with E-state index < -0.39 is 6.61 Å². The van der Waals surface area contributed by atoms with Gasteiger partial charge in [-0.2, -0.15) is 0 Å². The predicted octanol–water partition coefficient (Wildman–Crippen LogP) is 3.78. The van der Waals surface area contributed by atoms with Gasteiger partial charge >= 0.3 is 0 Å². The van der Waals surface area contributed by atoms with E-state index in [2.05, 4.69) is 20.4 Å². The van der Waals surface area contributed by atoms with E-state index in [1.54, 1.807) is 7.05 Å². The molecule has 1 atom stereocenters. The largest absolute Gasteiger partial charge is 0.488 e. The molecular formula is C26H29N5O5. The molecule has 2 heterocycles. The molecule has 2 aromatic carbocycles. The normalized spacial score (nSPS) is 11.8. The smallest absolute Gasteiger partial charge is 0.248 e. The summed E-state index contributed by atoms with van der Waals surface area (Å²) in [6, 6.07) is 13.2. The summed E-state index contributed by atoms with van der Waals surface area (Å²) in [5.74, 6) is 2.30. The minimum Gasteiger partial charge on any atom is -0.488 e. The summed E-state index contributed by atoms with van der Waals surface area (Å²) in [5.41, 5.74) is 3.22. The number of aliphatic hydroxyl groups is 1. The van der Waals surface area contributed by atoms with Gasteiger partial charge in [0.1, 0.15) is 54.4 Å². The van der Waals surface area contributed by atoms with Gasteiger partial charge in [0.05, 0.1) is 17.4 Å². The SMILES string of the molecule is Cc1cc(COc2ccc(Nc3ncnc4cccc(O[C@H](C)CN(C)C(=O)CO)c34)cc2C)no1. The molecule has 10 nitrogen and oxygen atoms in total. The first-order chi connectivity index (χ1) is 17.3. The third-order valence-electron chi connectivity index (χ3n) is 5.53. The molecule has 0 fully saturated rings. The highest BCUT2D eigenvalue weighted by atomic mass is 16.5. The molecule has 2 aromatic heterocycles. The molecule has 10 heteroatoms. The maximum atomic E-state index is 11.7. The average Bonchev–Trinajstić information content (AvgIpc) is 3.28. The maximum Gasteiger partial charge on any atom is 0.248 e. The Labute approximate surface area is 208 Å². The fourth-order valence-corrected chi connectivity index (χ4v) is 3.80. The minimum absolute atomic E-state index is 0.319. The zero-order valence-electron chi connectivity index (χ0n) is 20.7. The fraction of sp³-hybridized carbons (Fsp3) is 0.308. The molecule has 0 unspecified atom stereocenters. The summed E-state index contributed by atoms with van der Waals surface area (Å²) in [6.45, 7) is 5.77. The van der Waals surface area contributed by atoms with Crippen LogP contribution in [0.3, 0.4) is 0 Å². The van der Waals surface area contributed by atoms with E-state index in [-0.39, 0.29) is 12.0 Å². The molecule has 36 heavy (non-hydrogen) atoms. The first-order valence-electron chi connectivity index (χ1n) is 11.5. The lowest BCUT2D eigenvalue weighted by molar-refractivity contribution is -0.133. The number of amides is 1. The van der Waals surface area contributed by atoms with E-state index in [9.17, 15) is 4.79 Å². The summed E-state index contributed by atoms with van der Waals surface area (Å²) in [6.07, 6.45) is 1.17. The van der Waals surface area contributed by atoms with Crippen LogP contribution in [0, 0.1) is 13.8 Å². The quantitative estimate of drug-likeness (QED) is 0.341. The van der Waals surface area contributed by atoms with Crippen LogP contribution in [0.5, 0.6) is 11.5 Å². The van der Waals surface area contributed by atoms with Crippen LogP contribution < -0.4 is 14.8 Å². The number of aromatic nitrogens is 3. The zero-order valence-corrected chi connectivity index (χ0v) is 20.7. The molecule has 0 saturated carbocycles. The summed E-state index contributed by atoms with van der Waals surface area (Å²) in [5, 5.41) is 17.1. The van der Waals surface area contributed by atoms with Crippen molar-refractivity contribution in [3.63, 3.8) is 0 Å². The van der Waals surface area contributed by atoms with Crippen LogP contribution >= 0.6 is 0 Å². The van der Waals surface area contributed by atoms with Crippen molar-refractivity contribution in [2.24, 2.45) is 0 Å². The van der Waals surface area contributed by atoms with Crippen molar-refractivity contribution in [1.82, 2.24) is 20.0 Å². The van der Waals surface area contributed by atoms with Crippen LogP contribution in [-0.2, 0) is 11.4 Å². The Kier molecular flexibility index (Phi) is 7.65. The topological polar surface area (TPSA) is 123 Å². The molecule has 1 amide bonds. The summed E-state index contributed by atoms with van der Waals surface area (Å²) < 4.78 is 17.1. The molecule has 0 aliphatic rings. The number of hydrogen-bond acceptors (Lipinski definition) is 9. The fourth-order valence-electron chi connectivity index (χ4n) is 3.80. The zero-order chi connectivity index (χ0) is 25.7. The lowest BCUT2D eigenvalue weighted by atomic mass is 10.1. The number of anilines is 2. The van der Waals surface area contributed by atoms with Gasteiger partial charge in [-0.15, -0.1) is 0 Å². The Morgan fingerprint density at radius 3 is 2.72 bits per heavy atom. The second kappa shape index (κ2) is 11.0. The number of likely N-dealkylation sites (N-methyl/N-ethyl adjacent to an activating group) is 1. The van der Waals surface area contributed by atoms with Crippen LogP contribution in [0.4, 0.5) is 11.5 Å². The highest BCUT2D eigenvalue weighted by Gasteiger charge is 2.16. The van der Waals surface area contributed by atoms with Crippen LogP contribution in [-0.4, -0.2) is 57.3 Å². The average molecular weight is 492 g/mol. The highest BCUT2D eigenvalue weighted by Crippen LogP contribution is 2.33. The van der Waals surface area contributed by atoms with Crippen LogP contribution in [0.15, 0.2) is 53.3 Å². The number of aliphatic hydroxyl groups excluding tert-OH is 1. The van der Waals surface area contributed by atoms with Crippen molar-refractivity contribution in [3.05, 3.63) is 65.8 Å². The molecule has 0 spiro atoms. The molecule has 4 rings (SSSR count). The summed E-state index contributed by atoms with van der Waals surface area (Å²) in [7, 11) is 1.63. The molecule has 2 N–H and O–H groups in total. The number of nitrogens with one attached hydrogen (secondary N) is 1. The number of fused-ring (bicyclic) bond motifs is 1. The molecule has 0 radical (unpaired) electrons. The molecule has 0 aliphatic heterocycles. The third kappa shape index (κ3) is 5.89. The second-order valence-corrected chi connectivity index (χ2v) is 8.56. The third-order valence-corrected chi connectivity index (χ3v) is 5.53. The molecule has 4 aromatic rings. The van der Waals surface area contributed by atoms with Gasteiger partial charge in [0, 0.05) is 18.8 Å². The van der Waals surface area contributed by atoms with Crippen LogP contribution in [0.2, 0.25) is 0 Å². The lowest BCUT2D eigenvalue weighted by Gasteiger charge is -2.23.